The Labute approximate surface area is 313 Å². The molecule has 1 aliphatic carbocycles. The molecule has 9 rings (SSSR count). The van der Waals surface area contributed by atoms with Crippen molar-refractivity contribution in [1.82, 2.24) is 34.6 Å². The molecular formula is C40H46N10O4. The molecule has 280 valence electrons. The minimum atomic E-state index is -0.788. The van der Waals surface area contributed by atoms with E-state index in [1.807, 2.05) is 44.3 Å². The van der Waals surface area contributed by atoms with Crippen LogP contribution in [0.4, 0.5) is 23.1 Å². The second-order valence-electron chi connectivity index (χ2n) is 16.3. The molecule has 14 heteroatoms. The highest BCUT2D eigenvalue weighted by molar-refractivity contribution is 6.14. The summed E-state index contributed by atoms with van der Waals surface area (Å²) in [7, 11) is 3.55. The van der Waals surface area contributed by atoms with Crippen LogP contribution in [0.1, 0.15) is 85.9 Å². The van der Waals surface area contributed by atoms with Crippen molar-refractivity contribution in [3.8, 4) is 0 Å². The zero-order valence-electron chi connectivity index (χ0n) is 31.2. The number of fused-ring (bicyclic) bond motifs is 2. The van der Waals surface area contributed by atoms with Crippen LogP contribution in [0.5, 0.6) is 0 Å². The largest absolute Gasteiger partial charge is 0.368 e. The minimum absolute atomic E-state index is 0.0305. The second-order valence-corrected chi connectivity index (χ2v) is 16.3. The van der Waals surface area contributed by atoms with Crippen molar-refractivity contribution in [3.05, 3.63) is 65.6 Å². The minimum Gasteiger partial charge on any atom is -0.368 e. The van der Waals surface area contributed by atoms with Gasteiger partial charge in [0.05, 0.1) is 11.1 Å². The van der Waals surface area contributed by atoms with Crippen molar-refractivity contribution in [3.63, 3.8) is 0 Å². The fraction of sp³-hybridized carbons (Fsp3) is 0.475. The number of carbonyl (C=O) groups excluding carboxylic acids is 4. The van der Waals surface area contributed by atoms with Gasteiger partial charge in [-0.15, -0.1) is 0 Å². The van der Waals surface area contributed by atoms with Crippen molar-refractivity contribution in [1.29, 1.82) is 0 Å². The van der Waals surface area contributed by atoms with E-state index in [-0.39, 0.29) is 30.2 Å². The number of hydrogen-bond donors (Lipinski definition) is 2. The summed E-state index contributed by atoms with van der Waals surface area (Å²) >= 11 is 0. The molecule has 1 aromatic carbocycles. The summed E-state index contributed by atoms with van der Waals surface area (Å²) in [6.07, 6.45) is 8.64. The van der Waals surface area contributed by atoms with E-state index in [0.717, 1.165) is 79.8 Å². The summed E-state index contributed by atoms with van der Waals surface area (Å²) in [5.74, 6) is 0.686. The zero-order chi connectivity index (χ0) is 37.5. The van der Waals surface area contributed by atoms with Gasteiger partial charge >= 0.3 is 0 Å². The third kappa shape index (κ3) is 5.60. The molecule has 4 amide bonds. The molecule has 3 saturated heterocycles. The molecule has 0 spiro atoms. The number of hydrogen-bond acceptors (Lipinski definition) is 10. The van der Waals surface area contributed by atoms with Gasteiger partial charge in [-0.3, -0.25) is 34.3 Å². The predicted molar refractivity (Wildman–Crippen MR) is 204 cm³/mol. The van der Waals surface area contributed by atoms with Gasteiger partial charge in [-0.2, -0.15) is 4.98 Å². The molecule has 4 aromatic rings. The summed E-state index contributed by atoms with van der Waals surface area (Å²) in [6, 6.07) is 12.0. The normalized spacial score (nSPS) is 22.0. The van der Waals surface area contributed by atoms with Crippen LogP contribution >= 0.6 is 0 Å². The van der Waals surface area contributed by atoms with E-state index in [9.17, 15) is 19.2 Å². The number of aromatic nitrogens is 4. The smallest absolute Gasteiger partial charge is 0.270 e. The third-order valence-electron chi connectivity index (χ3n) is 12.2. The van der Waals surface area contributed by atoms with E-state index >= 15 is 0 Å². The third-order valence-corrected chi connectivity index (χ3v) is 12.2. The number of imide groups is 1. The first kappa shape index (κ1) is 34.4. The molecule has 1 atom stereocenters. The Bertz CT molecular complexity index is 2180. The van der Waals surface area contributed by atoms with Crippen LogP contribution in [0.3, 0.4) is 0 Å². The number of anilines is 4. The van der Waals surface area contributed by atoms with Crippen molar-refractivity contribution < 1.29 is 19.2 Å². The van der Waals surface area contributed by atoms with E-state index in [1.54, 1.807) is 30.1 Å². The Balaban J connectivity index is 0.834. The SMILES string of the molecule is CN(C)C(=O)c1cc2cnc(Nc3ccc(C4CN(C5CN(c6cccc7c6C(C)(C)C(=O)N7[C@@H]6CCC(=O)NC6=O)C5)C4)cn3)nc2n1C1CCCC1. The Morgan fingerprint density at radius 1 is 0.926 bits per heavy atom. The second kappa shape index (κ2) is 12.9. The molecule has 0 bridgehead atoms. The number of amides is 4. The number of nitrogens with one attached hydrogen (secondary N) is 2. The van der Waals surface area contributed by atoms with Crippen LogP contribution in [-0.2, 0) is 19.8 Å². The van der Waals surface area contributed by atoms with Crippen LogP contribution in [0.15, 0.2) is 48.8 Å². The van der Waals surface area contributed by atoms with Gasteiger partial charge < -0.3 is 19.7 Å². The summed E-state index contributed by atoms with van der Waals surface area (Å²) in [4.78, 5) is 73.6. The van der Waals surface area contributed by atoms with Crippen molar-refractivity contribution >= 4 is 57.8 Å². The van der Waals surface area contributed by atoms with E-state index in [4.69, 9.17) is 9.97 Å². The van der Waals surface area contributed by atoms with Gasteiger partial charge in [0.2, 0.25) is 23.7 Å². The topological polar surface area (TPSA) is 149 Å². The molecule has 0 unspecified atom stereocenters. The summed E-state index contributed by atoms with van der Waals surface area (Å²) in [5.41, 5.74) is 4.60. The standard InChI is InChI=1S/C40H46N10O4/c1-40(2)34-28(10-7-11-29(34)50(38(40)54)30-13-15-33(51)44-36(30)52)48-21-27(22-48)47-19-25(20-47)23-12-14-32(41-17-23)43-39-42-18-24-16-31(37(53)46(3)4)49(35(24)45-39)26-8-5-6-9-26/h7,10-12,14,16-18,25-27,30H,5-6,8-9,13,15,19-22H2,1-4H3,(H,44,51,52)(H,41,42,43,45)/t30-/m1/s1. The summed E-state index contributed by atoms with van der Waals surface area (Å²) in [6.45, 7) is 7.51. The van der Waals surface area contributed by atoms with Crippen molar-refractivity contribution in [2.75, 3.05) is 55.4 Å². The molecule has 2 N–H and O–H groups in total. The van der Waals surface area contributed by atoms with E-state index in [1.165, 1.54) is 5.56 Å². The zero-order valence-corrected chi connectivity index (χ0v) is 31.2. The van der Waals surface area contributed by atoms with Gasteiger partial charge in [0.15, 0.2) is 0 Å². The van der Waals surface area contributed by atoms with Gasteiger partial charge in [0, 0.05) is 93.7 Å². The molecule has 3 aromatic heterocycles. The first-order valence-corrected chi connectivity index (χ1v) is 19.1. The molecule has 4 fully saturated rings. The van der Waals surface area contributed by atoms with Gasteiger partial charge in [-0.1, -0.05) is 25.0 Å². The lowest BCUT2D eigenvalue weighted by Gasteiger charge is -2.53. The van der Waals surface area contributed by atoms with Crippen LogP contribution in [0, 0.1) is 0 Å². The van der Waals surface area contributed by atoms with E-state index in [2.05, 4.69) is 42.1 Å². The fourth-order valence-electron chi connectivity index (χ4n) is 9.12. The molecule has 7 heterocycles. The maximum Gasteiger partial charge on any atom is 0.270 e. The Kier molecular flexibility index (Phi) is 8.21. The number of rotatable bonds is 8. The highest BCUT2D eigenvalue weighted by Crippen LogP contribution is 2.49. The number of carbonyl (C=O) groups is 4. The van der Waals surface area contributed by atoms with Crippen molar-refractivity contribution in [2.24, 2.45) is 0 Å². The average Bonchev–Trinajstić information content (AvgIpc) is 3.82. The number of piperidine rings is 1. The monoisotopic (exact) mass is 730 g/mol. The number of benzene rings is 1. The van der Waals surface area contributed by atoms with Gasteiger partial charge in [-0.25, -0.2) is 9.97 Å². The highest BCUT2D eigenvalue weighted by atomic mass is 16.2. The molecule has 0 radical (unpaired) electrons. The summed E-state index contributed by atoms with van der Waals surface area (Å²) in [5, 5.41) is 6.55. The van der Waals surface area contributed by atoms with E-state index < -0.39 is 17.4 Å². The number of pyridine rings is 1. The molecule has 14 nitrogen and oxygen atoms in total. The molecule has 54 heavy (non-hydrogen) atoms. The average molecular weight is 731 g/mol. The quantitative estimate of drug-likeness (QED) is 0.254. The number of nitrogens with zero attached hydrogens (tertiary/aromatic N) is 8. The van der Waals surface area contributed by atoms with E-state index in [0.29, 0.717) is 35.8 Å². The van der Waals surface area contributed by atoms with Gasteiger partial charge in [-0.05, 0) is 62.9 Å². The van der Waals surface area contributed by atoms with Gasteiger partial charge in [0.25, 0.3) is 5.91 Å². The Hall–Kier alpha value is -5.37. The maximum absolute atomic E-state index is 13.8. The van der Waals surface area contributed by atoms with Crippen LogP contribution < -0.4 is 20.4 Å². The predicted octanol–water partition coefficient (Wildman–Crippen LogP) is 4.10. The molecular weight excluding hydrogens is 685 g/mol. The lowest BCUT2D eigenvalue weighted by Crippen LogP contribution is -2.65. The Morgan fingerprint density at radius 2 is 1.69 bits per heavy atom. The lowest BCUT2D eigenvalue weighted by molar-refractivity contribution is -0.136. The molecule has 4 aliphatic heterocycles. The molecule has 5 aliphatic rings. The first-order valence-electron chi connectivity index (χ1n) is 19.1. The maximum atomic E-state index is 13.8. The van der Waals surface area contributed by atoms with Crippen LogP contribution in [0.2, 0.25) is 0 Å². The lowest BCUT2D eigenvalue weighted by atomic mass is 9.83. The fourth-order valence-corrected chi connectivity index (χ4v) is 9.12. The molecule has 1 saturated carbocycles. The number of likely N-dealkylation sites (tertiary alicyclic amines) is 1. The summed E-state index contributed by atoms with van der Waals surface area (Å²) < 4.78 is 2.11. The van der Waals surface area contributed by atoms with Crippen LogP contribution in [-0.4, -0.2) is 105 Å². The first-order chi connectivity index (χ1) is 26.0. The van der Waals surface area contributed by atoms with Gasteiger partial charge in [0.1, 0.15) is 23.2 Å². The van der Waals surface area contributed by atoms with Crippen molar-refractivity contribution in [2.45, 2.75) is 81.8 Å². The highest BCUT2D eigenvalue weighted by Gasteiger charge is 2.51. The van der Waals surface area contributed by atoms with Crippen LogP contribution in [0.25, 0.3) is 11.0 Å². The Morgan fingerprint density at radius 3 is 2.39 bits per heavy atom.